The van der Waals surface area contributed by atoms with Gasteiger partial charge in [0.1, 0.15) is 5.69 Å². The lowest BCUT2D eigenvalue weighted by Crippen LogP contribution is -2.51. The van der Waals surface area contributed by atoms with Gasteiger partial charge in [-0.25, -0.2) is 9.50 Å². The minimum Gasteiger partial charge on any atom is -0.385 e. The molecule has 11 nitrogen and oxygen atoms in total. The van der Waals surface area contributed by atoms with Gasteiger partial charge in [-0.2, -0.15) is 0 Å². The van der Waals surface area contributed by atoms with Gasteiger partial charge in [0, 0.05) is 39.6 Å². The van der Waals surface area contributed by atoms with Crippen molar-refractivity contribution in [2.45, 2.75) is 50.0 Å². The maximum Gasteiger partial charge on any atom is 0.274 e. The van der Waals surface area contributed by atoms with Crippen LogP contribution in [0.25, 0.3) is 5.65 Å². The molecule has 3 aromatic heterocycles. The zero-order chi connectivity index (χ0) is 23.8. The van der Waals surface area contributed by atoms with Crippen molar-refractivity contribution in [1.29, 1.82) is 0 Å². The van der Waals surface area contributed by atoms with Crippen molar-refractivity contribution < 1.29 is 14.3 Å². The molecule has 0 unspecified atom stereocenters. The Morgan fingerprint density at radius 1 is 1.18 bits per heavy atom. The van der Waals surface area contributed by atoms with Crippen molar-refractivity contribution in [3.63, 3.8) is 0 Å². The molecule has 2 aliphatic rings. The monoisotopic (exact) mass is 467 g/mol. The summed E-state index contributed by atoms with van der Waals surface area (Å²) in [6.07, 6.45) is 6.94. The fourth-order valence-electron chi connectivity index (χ4n) is 4.52. The summed E-state index contributed by atoms with van der Waals surface area (Å²) in [6, 6.07) is 5.41. The molecule has 5 rings (SSSR count). The molecule has 0 aromatic carbocycles. The first-order chi connectivity index (χ1) is 16.5. The highest BCUT2D eigenvalue weighted by molar-refractivity contribution is 5.94. The van der Waals surface area contributed by atoms with E-state index < -0.39 is 0 Å². The molecule has 34 heavy (non-hydrogen) atoms. The number of imidazole rings is 1. The number of anilines is 3. The van der Waals surface area contributed by atoms with Crippen LogP contribution in [-0.4, -0.2) is 64.6 Å². The molecule has 2 aliphatic carbocycles. The highest BCUT2D eigenvalue weighted by atomic mass is 16.5. The van der Waals surface area contributed by atoms with Gasteiger partial charge in [0.05, 0.1) is 30.1 Å². The van der Waals surface area contributed by atoms with Gasteiger partial charge in [-0.05, 0) is 37.8 Å². The summed E-state index contributed by atoms with van der Waals surface area (Å²) in [5.41, 5.74) is 1.77. The molecular formula is C23H29N7O4. The number of carbonyl (C=O) groups is 1. The van der Waals surface area contributed by atoms with Crippen molar-refractivity contribution in [3.8, 4) is 0 Å². The molecule has 2 atom stereocenters. The van der Waals surface area contributed by atoms with Crippen LogP contribution in [0.1, 0.15) is 42.2 Å². The van der Waals surface area contributed by atoms with E-state index in [1.165, 1.54) is 10.7 Å². The second-order valence-electron chi connectivity index (χ2n) is 8.75. The Balaban J connectivity index is 1.43. The molecule has 0 bridgehead atoms. The Labute approximate surface area is 196 Å². The summed E-state index contributed by atoms with van der Waals surface area (Å²) >= 11 is 0. The molecule has 180 valence electrons. The molecule has 0 spiro atoms. The fourth-order valence-corrected chi connectivity index (χ4v) is 4.52. The molecule has 2 saturated carbocycles. The van der Waals surface area contributed by atoms with E-state index >= 15 is 0 Å². The highest BCUT2D eigenvalue weighted by Gasteiger charge is 2.33. The minimum absolute atomic E-state index is 0.0243. The zero-order valence-electron chi connectivity index (χ0n) is 19.4. The van der Waals surface area contributed by atoms with Crippen LogP contribution in [0.4, 0.5) is 17.2 Å². The van der Waals surface area contributed by atoms with Gasteiger partial charge in [-0.3, -0.25) is 9.59 Å². The smallest absolute Gasteiger partial charge is 0.274 e. The van der Waals surface area contributed by atoms with Crippen LogP contribution >= 0.6 is 0 Å². The molecule has 1 amide bonds. The molecule has 3 heterocycles. The van der Waals surface area contributed by atoms with E-state index in [0.717, 1.165) is 25.7 Å². The zero-order valence-corrected chi connectivity index (χ0v) is 19.4. The predicted molar refractivity (Wildman–Crippen MR) is 127 cm³/mol. The number of nitrogens with one attached hydrogen (secondary N) is 3. The predicted octanol–water partition coefficient (Wildman–Crippen LogP) is 1.93. The lowest BCUT2D eigenvalue weighted by atomic mass is 9.89. The summed E-state index contributed by atoms with van der Waals surface area (Å²) < 4.78 is 13.9. The number of hydrogen-bond donors (Lipinski definition) is 3. The molecule has 11 heteroatoms. The molecular weight excluding hydrogens is 438 g/mol. The van der Waals surface area contributed by atoms with Crippen LogP contribution in [0, 0.1) is 0 Å². The van der Waals surface area contributed by atoms with Gasteiger partial charge in [-0.15, -0.1) is 5.10 Å². The van der Waals surface area contributed by atoms with E-state index in [2.05, 4.69) is 26.0 Å². The van der Waals surface area contributed by atoms with Crippen LogP contribution in [0.15, 0.2) is 35.4 Å². The second kappa shape index (κ2) is 9.07. The molecule has 0 radical (unpaired) electrons. The van der Waals surface area contributed by atoms with Crippen LogP contribution in [0.5, 0.6) is 0 Å². The second-order valence-corrected chi connectivity index (χ2v) is 8.75. The Morgan fingerprint density at radius 3 is 2.68 bits per heavy atom. The van der Waals surface area contributed by atoms with E-state index in [4.69, 9.17) is 9.47 Å². The number of fused-ring (bicyclic) bond motifs is 1. The first kappa shape index (κ1) is 22.4. The largest absolute Gasteiger partial charge is 0.385 e. The lowest BCUT2D eigenvalue weighted by molar-refractivity contribution is 0.00522. The van der Waals surface area contributed by atoms with E-state index in [-0.39, 0.29) is 35.8 Å². The number of ether oxygens (including phenoxy) is 2. The topological polar surface area (TPSA) is 124 Å². The number of aromatic nitrogens is 4. The quantitative estimate of drug-likeness (QED) is 0.459. The number of carbonyl (C=O) groups excluding carboxylic acids is 1. The number of rotatable bonds is 8. The summed E-state index contributed by atoms with van der Waals surface area (Å²) in [4.78, 5) is 30.4. The van der Waals surface area contributed by atoms with E-state index in [1.54, 1.807) is 44.2 Å². The van der Waals surface area contributed by atoms with E-state index in [1.807, 2.05) is 6.07 Å². The Morgan fingerprint density at radius 2 is 2.00 bits per heavy atom. The van der Waals surface area contributed by atoms with Crippen LogP contribution in [0.3, 0.4) is 0 Å². The first-order valence-electron chi connectivity index (χ1n) is 11.4. The van der Waals surface area contributed by atoms with Gasteiger partial charge in [-0.1, -0.05) is 0 Å². The summed E-state index contributed by atoms with van der Waals surface area (Å²) in [6.45, 7) is 0. The van der Waals surface area contributed by atoms with Gasteiger partial charge < -0.3 is 30.0 Å². The number of amides is 1. The van der Waals surface area contributed by atoms with Gasteiger partial charge in [0.25, 0.3) is 11.5 Å². The molecule has 3 N–H and O–H groups in total. The van der Waals surface area contributed by atoms with Crippen LogP contribution < -0.4 is 21.5 Å². The number of nitrogens with zero attached hydrogens (tertiary/aromatic N) is 4. The standard InChI is InChI=1S/C23H29N7O4/c1-24-17-11-20(26-16-5-4-8-29(23(16)32)13-9-14(10-13)33-2)28-30-18(12-25-21(17)30)22(31)27-15-6-7-19(15)34-3/h4-5,8,11-15,19,24H,6-7,9-10H2,1-3H3,(H,26,28)(H,27,31)/t13?,14?,15-,19-/m0/s1. The Bertz CT molecular complexity index is 1260. The van der Waals surface area contributed by atoms with Gasteiger partial charge in [0.2, 0.25) is 0 Å². The van der Waals surface area contributed by atoms with E-state index in [9.17, 15) is 9.59 Å². The molecule has 3 aromatic rings. The molecule has 2 fully saturated rings. The van der Waals surface area contributed by atoms with Crippen molar-refractivity contribution in [2.24, 2.45) is 0 Å². The molecule has 0 aliphatic heterocycles. The lowest BCUT2D eigenvalue weighted by Gasteiger charge is -2.35. The number of methoxy groups -OCH3 is 2. The normalized spacial score (nSPS) is 23.7. The number of hydrogen-bond acceptors (Lipinski definition) is 8. The van der Waals surface area contributed by atoms with Crippen molar-refractivity contribution in [1.82, 2.24) is 24.5 Å². The first-order valence-corrected chi connectivity index (χ1v) is 11.4. The van der Waals surface area contributed by atoms with Gasteiger partial charge in [0.15, 0.2) is 17.2 Å². The SMILES string of the molecule is CNc1cc(Nc2cccn(C3CC(OC)C3)c2=O)nn2c(C(=O)N[C@H]3CC[C@@H]3OC)cnc12. The summed E-state index contributed by atoms with van der Waals surface area (Å²) in [7, 11) is 5.10. The van der Waals surface area contributed by atoms with Crippen molar-refractivity contribution in [2.75, 3.05) is 31.9 Å². The molecule has 0 saturated heterocycles. The van der Waals surface area contributed by atoms with Crippen molar-refractivity contribution >= 4 is 28.7 Å². The third-order valence-electron chi connectivity index (χ3n) is 6.83. The Kier molecular flexibility index (Phi) is 5.96. The van der Waals surface area contributed by atoms with Crippen LogP contribution in [-0.2, 0) is 9.47 Å². The average molecular weight is 468 g/mol. The Hall–Kier alpha value is -3.44. The maximum absolute atomic E-state index is 13.1. The maximum atomic E-state index is 13.1. The van der Waals surface area contributed by atoms with Gasteiger partial charge >= 0.3 is 0 Å². The summed E-state index contributed by atoms with van der Waals surface area (Å²) in [5, 5.41) is 13.8. The third-order valence-corrected chi connectivity index (χ3v) is 6.83. The summed E-state index contributed by atoms with van der Waals surface area (Å²) in [5.74, 6) is 0.145. The van der Waals surface area contributed by atoms with Crippen molar-refractivity contribution in [3.05, 3.63) is 46.6 Å². The average Bonchev–Trinajstić information content (AvgIpc) is 3.22. The minimum atomic E-state index is -0.272. The fraction of sp³-hybridized carbons (Fsp3) is 0.478. The number of pyridine rings is 1. The highest BCUT2D eigenvalue weighted by Crippen LogP contribution is 2.33. The van der Waals surface area contributed by atoms with Crippen LogP contribution in [0.2, 0.25) is 0 Å². The third kappa shape index (κ3) is 3.90. The van der Waals surface area contributed by atoms with E-state index in [0.29, 0.717) is 28.5 Å².